The molecule has 0 saturated heterocycles. The second-order valence-corrected chi connectivity index (χ2v) is 6.04. The highest BCUT2D eigenvalue weighted by atomic mass is 32.1. The number of halogens is 1. The van der Waals surface area contributed by atoms with Gasteiger partial charge in [-0.15, -0.1) is 11.3 Å². The van der Waals surface area contributed by atoms with Gasteiger partial charge in [0.2, 0.25) is 0 Å². The van der Waals surface area contributed by atoms with E-state index in [2.05, 4.69) is 4.98 Å². The number of nitrogens with two attached hydrogens (primary N) is 1. The van der Waals surface area contributed by atoms with Crippen LogP contribution in [0.2, 0.25) is 0 Å². The summed E-state index contributed by atoms with van der Waals surface area (Å²) in [6, 6.07) is 8.65. The fourth-order valence-electron chi connectivity index (χ4n) is 1.95. The van der Waals surface area contributed by atoms with Crippen LogP contribution in [0, 0.1) is 5.82 Å². The zero-order chi connectivity index (χ0) is 13.2. The molecule has 0 saturated carbocycles. The summed E-state index contributed by atoms with van der Waals surface area (Å²) < 4.78 is 13.2. The quantitative estimate of drug-likeness (QED) is 0.785. The van der Waals surface area contributed by atoms with Crippen molar-refractivity contribution in [2.45, 2.75) is 6.42 Å². The third kappa shape index (κ3) is 2.67. The van der Waals surface area contributed by atoms with Crippen molar-refractivity contribution >= 4 is 27.8 Å². The molecular formula is C14H11FN2S2. The minimum atomic E-state index is -0.216. The minimum absolute atomic E-state index is 0.216. The largest absolute Gasteiger partial charge is 0.375 e. The van der Waals surface area contributed by atoms with E-state index in [1.807, 2.05) is 22.9 Å². The van der Waals surface area contributed by atoms with Crippen LogP contribution in [-0.2, 0) is 6.42 Å². The van der Waals surface area contributed by atoms with E-state index in [9.17, 15) is 4.39 Å². The molecule has 19 heavy (non-hydrogen) atoms. The summed E-state index contributed by atoms with van der Waals surface area (Å²) >= 11 is 3.09. The van der Waals surface area contributed by atoms with Gasteiger partial charge >= 0.3 is 0 Å². The van der Waals surface area contributed by atoms with Gasteiger partial charge in [0, 0.05) is 22.2 Å². The molecule has 0 unspecified atom stereocenters. The van der Waals surface area contributed by atoms with Crippen molar-refractivity contribution in [3.05, 3.63) is 57.3 Å². The Hall–Kier alpha value is -1.72. The van der Waals surface area contributed by atoms with E-state index in [4.69, 9.17) is 5.73 Å². The van der Waals surface area contributed by atoms with Crippen molar-refractivity contribution in [3.8, 4) is 11.3 Å². The van der Waals surface area contributed by atoms with E-state index in [1.54, 1.807) is 23.5 Å². The molecule has 2 N–H and O–H groups in total. The van der Waals surface area contributed by atoms with Crippen LogP contribution < -0.4 is 5.73 Å². The summed E-state index contributed by atoms with van der Waals surface area (Å²) in [7, 11) is 0. The molecule has 0 radical (unpaired) electrons. The third-order valence-electron chi connectivity index (χ3n) is 2.76. The number of nitrogens with zero attached hydrogens (tertiary/aromatic N) is 1. The molecule has 0 aliphatic carbocycles. The first kappa shape index (κ1) is 12.3. The Bertz CT molecular complexity index is 689. The van der Waals surface area contributed by atoms with Crippen LogP contribution in [0.15, 0.2) is 41.1 Å². The van der Waals surface area contributed by atoms with Gasteiger partial charge in [-0.05, 0) is 29.1 Å². The maximum Gasteiger partial charge on any atom is 0.180 e. The van der Waals surface area contributed by atoms with Crippen molar-refractivity contribution in [3.63, 3.8) is 0 Å². The van der Waals surface area contributed by atoms with Gasteiger partial charge in [0.1, 0.15) is 5.82 Å². The Morgan fingerprint density at radius 3 is 2.89 bits per heavy atom. The van der Waals surface area contributed by atoms with Crippen LogP contribution >= 0.6 is 22.7 Å². The smallest absolute Gasteiger partial charge is 0.180 e. The molecule has 2 aromatic heterocycles. The van der Waals surface area contributed by atoms with Gasteiger partial charge in [-0.25, -0.2) is 9.37 Å². The number of aromatic nitrogens is 1. The molecule has 5 heteroatoms. The molecule has 0 bridgehead atoms. The lowest BCUT2D eigenvalue weighted by molar-refractivity contribution is 0.626. The number of thiazole rings is 1. The summed E-state index contributed by atoms with van der Waals surface area (Å²) in [5.74, 6) is -0.216. The minimum Gasteiger partial charge on any atom is -0.375 e. The summed E-state index contributed by atoms with van der Waals surface area (Å²) in [6.45, 7) is 0. The van der Waals surface area contributed by atoms with Crippen molar-refractivity contribution in [2.24, 2.45) is 0 Å². The number of thiophene rings is 1. The summed E-state index contributed by atoms with van der Waals surface area (Å²) in [4.78, 5) is 5.45. The number of hydrogen-bond acceptors (Lipinski definition) is 4. The van der Waals surface area contributed by atoms with E-state index in [-0.39, 0.29) is 5.82 Å². The van der Waals surface area contributed by atoms with E-state index in [0.29, 0.717) is 11.6 Å². The van der Waals surface area contributed by atoms with Gasteiger partial charge < -0.3 is 5.73 Å². The van der Waals surface area contributed by atoms with Gasteiger partial charge in [0.15, 0.2) is 5.13 Å². The molecule has 2 nitrogen and oxygen atoms in total. The van der Waals surface area contributed by atoms with Crippen LogP contribution in [0.1, 0.15) is 10.4 Å². The molecule has 1 aromatic carbocycles. The lowest BCUT2D eigenvalue weighted by Crippen LogP contribution is -1.89. The highest BCUT2D eigenvalue weighted by Gasteiger charge is 2.12. The molecule has 3 rings (SSSR count). The Morgan fingerprint density at radius 2 is 2.16 bits per heavy atom. The van der Waals surface area contributed by atoms with E-state index in [1.165, 1.54) is 17.4 Å². The number of rotatable bonds is 3. The first-order chi connectivity index (χ1) is 9.22. The lowest BCUT2D eigenvalue weighted by Gasteiger charge is -2.01. The lowest BCUT2D eigenvalue weighted by atomic mass is 10.1. The molecule has 0 amide bonds. The Balaban J connectivity index is 1.97. The number of hydrogen-bond donors (Lipinski definition) is 1. The molecule has 0 aliphatic rings. The zero-order valence-electron chi connectivity index (χ0n) is 9.97. The normalized spacial score (nSPS) is 10.8. The average molecular weight is 290 g/mol. The van der Waals surface area contributed by atoms with Crippen LogP contribution in [-0.4, -0.2) is 4.98 Å². The highest BCUT2D eigenvalue weighted by Crippen LogP contribution is 2.32. The summed E-state index contributed by atoms with van der Waals surface area (Å²) in [6.07, 6.45) is 0.651. The highest BCUT2D eigenvalue weighted by molar-refractivity contribution is 7.15. The van der Waals surface area contributed by atoms with Crippen molar-refractivity contribution in [2.75, 3.05) is 5.73 Å². The molecule has 96 valence electrons. The number of nitrogen functional groups attached to an aromatic ring is 1. The van der Waals surface area contributed by atoms with Gasteiger partial charge in [-0.3, -0.25) is 0 Å². The maximum atomic E-state index is 13.2. The monoisotopic (exact) mass is 290 g/mol. The topological polar surface area (TPSA) is 38.9 Å². The second-order valence-electron chi connectivity index (χ2n) is 4.14. The number of anilines is 1. The third-order valence-corrected chi connectivity index (χ3v) is 4.33. The Kier molecular flexibility index (Phi) is 3.31. The van der Waals surface area contributed by atoms with Crippen molar-refractivity contribution in [1.82, 2.24) is 4.98 Å². The van der Waals surface area contributed by atoms with Crippen molar-refractivity contribution in [1.29, 1.82) is 0 Å². The van der Waals surface area contributed by atoms with Crippen LogP contribution in [0.25, 0.3) is 11.3 Å². The predicted octanol–water partition coefficient (Wildman–Crippen LogP) is 4.18. The molecule has 0 atom stereocenters. The summed E-state index contributed by atoms with van der Waals surface area (Å²) in [5.41, 5.74) is 8.72. The molecule has 0 fully saturated rings. The van der Waals surface area contributed by atoms with E-state index < -0.39 is 0 Å². The van der Waals surface area contributed by atoms with Crippen LogP contribution in [0.4, 0.5) is 9.52 Å². The van der Waals surface area contributed by atoms with Gasteiger partial charge in [-0.2, -0.15) is 11.3 Å². The van der Waals surface area contributed by atoms with E-state index >= 15 is 0 Å². The van der Waals surface area contributed by atoms with Crippen LogP contribution in [0.5, 0.6) is 0 Å². The fraction of sp³-hybridized carbons (Fsp3) is 0.0714. The second kappa shape index (κ2) is 5.11. The van der Waals surface area contributed by atoms with Gasteiger partial charge in [0.05, 0.1) is 5.69 Å². The molecule has 0 aliphatic heterocycles. The van der Waals surface area contributed by atoms with Crippen LogP contribution in [0.3, 0.4) is 0 Å². The average Bonchev–Trinajstić information content (AvgIpc) is 2.98. The standard InChI is InChI=1S/C14H11FN2S2/c15-11-3-1-2-9(6-11)7-12-13(17-14(16)19-12)10-4-5-18-8-10/h1-6,8H,7H2,(H2,16,17). The van der Waals surface area contributed by atoms with Gasteiger partial charge in [-0.1, -0.05) is 12.1 Å². The predicted molar refractivity (Wildman–Crippen MR) is 79.0 cm³/mol. The molecule has 2 heterocycles. The molecule has 0 spiro atoms. The summed E-state index contributed by atoms with van der Waals surface area (Å²) in [5, 5.41) is 4.60. The maximum absolute atomic E-state index is 13.2. The zero-order valence-corrected chi connectivity index (χ0v) is 11.6. The SMILES string of the molecule is Nc1nc(-c2ccsc2)c(Cc2cccc(F)c2)s1. The first-order valence-electron chi connectivity index (χ1n) is 5.74. The Morgan fingerprint density at radius 1 is 1.26 bits per heavy atom. The van der Waals surface area contributed by atoms with Gasteiger partial charge in [0.25, 0.3) is 0 Å². The first-order valence-corrected chi connectivity index (χ1v) is 7.50. The molecular weight excluding hydrogens is 279 g/mol. The molecule has 3 aromatic rings. The Labute approximate surface area is 118 Å². The fourth-order valence-corrected chi connectivity index (χ4v) is 3.48. The van der Waals surface area contributed by atoms with E-state index in [0.717, 1.165) is 21.7 Å². The van der Waals surface area contributed by atoms with Crippen molar-refractivity contribution < 1.29 is 4.39 Å². The number of benzene rings is 1.